The Labute approximate surface area is 159 Å². The van der Waals surface area contributed by atoms with Crippen LogP contribution in [0.2, 0.25) is 0 Å². The van der Waals surface area contributed by atoms with E-state index >= 15 is 0 Å². The van der Waals surface area contributed by atoms with Crippen LogP contribution in [0.25, 0.3) is 0 Å². The molecule has 1 aromatic carbocycles. The highest BCUT2D eigenvalue weighted by Crippen LogP contribution is 2.37. The van der Waals surface area contributed by atoms with E-state index in [4.69, 9.17) is 9.47 Å². The monoisotopic (exact) mass is 435 g/mol. The molecule has 4 heteroatoms. The van der Waals surface area contributed by atoms with Crippen LogP contribution in [0.5, 0.6) is 5.75 Å². The van der Waals surface area contributed by atoms with Gasteiger partial charge in [0.05, 0.1) is 25.4 Å². The highest BCUT2D eigenvalue weighted by Gasteiger charge is 2.29. The van der Waals surface area contributed by atoms with E-state index in [0.717, 1.165) is 31.6 Å². The van der Waals surface area contributed by atoms with Gasteiger partial charge in [-0.2, -0.15) is 0 Å². The van der Waals surface area contributed by atoms with Gasteiger partial charge in [0.25, 0.3) is 0 Å². The predicted octanol–water partition coefficient (Wildman–Crippen LogP) is 0.994. The van der Waals surface area contributed by atoms with Gasteiger partial charge < -0.3 is 39.2 Å². The summed E-state index contributed by atoms with van der Waals surface area (Å²) in [4.78, 5) is 0. The maximum Gasteiger partial charge on any atom is 0.118 e. The third kappa shape index (κ3) is 6.98. The molecule has 1 unspecified atom stereocenters. The molecule has 0 aliphatic carbocycles. The van der Waals surface area contributed by atoms with Gasteiger partial charge in [0.15, 0.2) is 0 Å². The lowest BCUT2D eigenvalue weighted by Gasteiger charge is -2.32. The summed E-state index contributed by atoms with van der Waals surface area (Å²) < 4.78 is 11.5. The van der Waals surface area contributed by atoms with Crippen molar-refractivity contribution in [3.8, 4) is 5.75 Å². The van der Waals surface area contributed by atoms with Gasteiger partial charge in [0, 0.05) is 6.42 Å². The molecule has 1 atom stereocenters. The van der Waals surface area contributed by atoms with Crippen LogP contribution in [0, 0.1) is 5.41 Å². The van der Waals surface area contributed by atoms with Crippen molar-refractivity contribution in [3.05, 3.63) is 29.8 Å². The molecule has 0 fully saturated rings. The molecule has 1 rings (SSSR count). The van der Waals surface area contributed by atoms with Crippen molar-refractivity contribution in [1.82, 2.24) is 0 Å². The molecule has 0 saturated carbocycles. The number of benzene rings is 1. The van der Waals surface area contributed by atoms with Gasteiger partial charge >= 0.3 is 0 Å². The van der Waals surface area contributed by atoms with E-state index in [9.17, 15) is 0 Å². The molecule has 0 radical (unpaired) electrons. The minimum Gasteiger partial charge on any atom is -1.00 e. The molecule has 0 heterocycles. The SMILES string of the molecule is CCC([NH3+])(CC)CCOC(c1ccc(OC)cc1)C(C)(C)C.[I-]. The average Bonchev–Trinajstić information content (AvgIpc) is 2.50. The molecule has 23 heavy (non-hydrogen) atoms. The van der Waals surface area contributed by atoms with E-state index in [2.05, 4.69) is 52.5 Å². The highest BCUT2D eigenvalue weighted by molar-refractivity contribution is 5.29. The first-order chi connectivity index (χ1) is 10.3. The Bertz CT molecular complexity index is 436. The normalized spacial score (nSPS) is 13.3. The van der Waals surface area contributed by atoms with Crippen molar-refractivity contribution in [2.45, 2.75) is 65.5 Å². The van der Waals surface area contributed by atoms with Crippen molar-refractivity contribution in [2.24, 2.45) is 5.41 Å². The van der Waals surface area contributed by atoms with Gasteiger partial charge in [0.1, 0.15) is 5.75 Å². The second-order valence-electron chi connectivity index (χ2n) is 7.35. The van der Waals surface area contributed by atoms with Crippen molar-refractivity contribution < 1.29 is 39.2 Å². The third-order valence-electron chi connectivity index (χ3n) is 4.62. The Balaban J connectivity index is 0.00000484. The second kappa shape index (κ2) is 9.84. The zero-order chi connectivity index (χ0) is 16.8. The first-order valence-electron chi connectivity index (χ1n) is 8.36. The van der Waals surface area contributed by atoms with E-state index < -0.39 is 0 Å². The van der Waals surface area contributed by atoms with E-state index in [0.29, 0.717) is 0 Å². The van der Waals surface area contributed by atoms with Crippen LogP contribution in [0.1, 0.15) is 65.5 Å². The lowest BCUT2D eigenvalue weighted by Crippen LogP contribution is -3.00. The topological polar surface area (TPSA) is 46.1 Å². The summed E-state index contributed by atoms with van der Waals surface area (Å²) in [5, 5.41) is 0. The maximum absolute atomic E-state index is 6.28. The lowest BCUT2D eigenvalue weighted by atomic mass is 9.84. The molecule has 0 aliphatic heterocycles. The summed E-state index contributed by atoms with van der Waals surface area (Å²) in [5.74, 6) is 0.880. The number of rotatable bonds is 8. The molecule has 0 bridgehead atoms. The summed E-state index contributed by atoms with van der Waals surface area (Å²) in [7, 11) is 1.69. The number of halogens is 1. The van der Waals surface area contributed by atoms with Crippen LogP contribution >= 0.6 is 0 Å². The van der Waals surface area contributed by atoms with E-state index in [1.54, 1.807) is 7.11 Å². The molecule has 0 amide bonds. The average molecular weight is 435 g/mol. The van der Waals surface area contributed by atoms with Crippen LogP contribution in [0.4, 0.5) is 0 Å². The highest BCUT2D eigenvalue weighted by atomic mass is 127. The molecule has 1 aromatic rings. The lowest BCUT2D eigenvalue weighted by molar-refractivity contribution is -0.482. The zero-order valence-corrected chi connectivity index (χ0v) is 17.8. The van der Waals surface area contributed by atoms with Gasteiger partial charge in [-0.3, -0.25) is 0 Å². The van der Waals surface area contributed by atoms with Gasteiger partial charge in [-0.05, 0) is 36.0 Å². The standard InChI is InChI=1S/C19H33NO2.HI/c1-7-19(20,8-2)13-14-22-17(18(3,4)5)15-9-11-16(21-6)12-10-15;/h9-12,17H,7-8,13-14,20H2,1-6H3;1H. The molecular weight excluding hydrogens is 401 g/mol. The zero-order valence-electron chi connectivity index (χ0n) is 15.6. The van der Waals surface area contributed by atoms with Gasteiger partial charge in [-0.15, -0.1) is 0 Å². The molecule has 0 aromatic heterocycles. The summed E-state index contributed by atoms with van der Waals surface area (Å²) in [6.45, 7) is 11.8. The smallest absolute Gasteiger partial charge is 0.118 e. The van der Waals surface area contributed by atoms with Crippen LogP contribution in [0.15, 0.2) is 24.3 Å². The summed E-state index contributed by atoms with van der Waals surface area (Å²) in [5.41, 5.74) is 5.76. The maximum atomic E-state index is 6.28. The number of methoxy groups -OCH3 is 1. The van der Waals surface area contributed by atoms with Crippen molar-refractivity contribution in [1.29, 1.82) is 0 Å². The minimum atomic E-state index is 0. The Morgan fingerprint density at radius 2 is 1.57 bits per heavy atom. The molecule has 3 N–H and O–H groups in total. The van der Waals surface area contributed by atoms with Crippen molar-refractivity contribution in [2.75, 3.05) is 13.7 Å². The van der Waals surface area contributed by atoms with Crippen LogP contribution in [-0.4, -0.2) is 19.3 Å². The Morgan fingerprint density at radius 1 is 1.04 bits per heavy atom. The largest absolute Gasteiger partial charge is 1.00 e. The minimum absolute atomic E-state index is 0. The summed E-state index contributed by atoms with van der Waals surface area (Å²) >= 11 is 0. The predicted molar refractivity (Wildman–Crippen MR) is 92.0 cm³/mol. The van der Waals surface area contributed by atoms with E-state index in [-0.39, 0.29) is 41.0 Å². The molecule has 0 spiro atoms. The number of hydrogen-bond donors (Lipinski definition) is 1. The fourth-order valence-corrected chi connectivity index (χ4v) is 2.62. The fourth-order valence-electron chi connectivity index (χ4n) is 2.62. The third-order valence-corrected chi connectivity index (χ3v) is 4.62. The van der Waals surface area contributed by atoms with Crippen LogP contribution in [0.3, 0.4) is 0 Å². The Morgan fingerprint density at radius 3 is 1.96 bits per heavy atom. The first-order valence-corrected chi connectivity index (χ1v) is 8.36. The molecule has 3 nitrogen and oxygen atoms in total. The van der Waals surface area contributed by atoms with Gasteiger partial charge in [-0.25, -0.2) is 0 Å². The first kappa shape index (κ1) is 22.7. The van der Waals surface area contributed by atoms with Gasteiger partial charge in [-0.1, -0.05) is 46.8 Å². The number of hydrogen-bond acceptors (Lipinski definition) is 2. The Kier molecular flexibility index (Phi) is 9.70. The molecule has 0 aliphatic rings. The van der Waals surface area contributed by atoms with E-state index in [1.165, 1.54) is 5.56 Å². The summed E-state index contributed by atoms with van der Waals surface area (Å²) in [6, 6.07) is 8.21. The van der Waals surface area contributed by atoms with Crippen molar-refractivity contribution in [3.63, 3.8) is 0 Å². The van der Waals surface area contributed by atoms with Crippen LogP contribution < -0.4 is 34.4 Å². The molecular formula is C19H34INO2. The van der Waals surface area contributed by atoms with Crippen LogP contribution in [-0.2, 0) is 4.74 Å². The molecule has 0 saturated heterocycles. The van der Waals surface area contributed by atoms with Crippen molar-refractivity contribution >= 4 is 0 Å². The Hall–Kier alpha value is -0.330. The number of quaternary nitrogens is 1. The van der Waals surface area contributed by atoms with Gasteiger partial charge in [0.2, 0.25) is 0 Å². The van der Waals surface area contributed by atoms with E-state index in [1.807, 2.05) is 12.1 Å². The quantitative estimate of drug-likeness (QED) is 0.620. The summed E-state index contributed by atoms with van der Waals surface area (Å²) in [6.07, 6.45) is 3.27. The number of ether oxygens (including phenoxy) is 2. The molecule has 134 valence electrons. The second-order valence-corrected chi connectivity index (χ2v) is 7.35. The fraction of sp³-hybridized carbons (Fsp3) is 0.684.